The van der Waals surface area contributed by atoms with Crippen molar-refractivity contribution >= 4 is 11.7 Å². The lowest BCUT2D eigenvalue weighted by Crippen LogP contribution is -2.28. The number of hydrogen-bond donors (Lipinski definition) is 1. The number of carbonyl (C=O) groups excluding carboxylic acids is 1. The summed E-state index contributed by atoms with van der Waals surface area (Å²) in [6, 6.07) is 5.88. The van der Waals surface area contributed by atoms with Gasteiger partial charge >= 0.3 is 0 Å². The lowest BCUT2D eigenvalue weighted by molar-refractivity contribution is 0.0934. The van der Waals surface area contributed by atoms with Crippen molar-refractivity contribution in [3.8, 4) is 5.75 Å². The molecule has 3 rings (SSSR count). The minimum Gasteiger partial charge on any atom is -0.494 e. The highest BCUT2D eigenvalue weighted by Crippen LogP contribution is 2.22. The third-order valence-corrected chi connectivity index (χ3v) is 4.13. The van der Waals surface area contributed by atoms with Gasteiger partial charge in [-0.15, -0.1) is 0 Å². The van der Waals surface area contributed by atoms with Crippen LogP contribution in [0, 0.1) is 5.82 Å². The molecular formula is C18H20FN5O2. The Morgan fingerprint density at radius 1 is 1.27 bits per heavy atom. The first kappa shape index (κ1) is 17.8. The lowest BCUT2D eigenvalue weighted by Gasteiger charge is -2.16. The van der Waals surface area contributed by atoms with E-state index < -0.39 is 11.9 Å². The van der Waals surface area contributed by atoms with Crippen molar-refractivity contribution in [3.05, 3.63) is 53.4 Å². The quantitative estimate of drug-likeness (QED) is 0.759. The van der Waals surface area contributed by atoms with Crippen molar-refractivity contribution in [2.45, 2.75) is 32.7 Å². The van der Waals surface area contributed by atoms with Crippen LogP contribution < -0.4 is 10.1 Å². The zero-order valence-electron chi connectivity index (χ0n) is 15.0. The van der Waals surface area contributed by atoms with E-state index in [1.54, 1.807) is 23.6 Å². The Bertz CT molecular complexity index is 954. The number of amides is 1. The highest BCUT2D eigenvalue weighted by molar-refractivity contribution is 5.93. The number of methoxy groups -OCH3 is 1. The van der Waals surface area contributed by atoms with E-state index in [0.29, 0.717) is 11.3 Å². The minimum atomic E-state index is -0.476. The summed E-state index contributed by atoms with van der Waals surface area (Å²) in [6.45, 7) is 5.78. The second-order valence-corrected chi connectivity index (χ2v) is 6.28. The van der Waals surface area contributed by atoms with E-state index in [1.165, 1.54) is 25.6 Å². The molecule has 7 nitrogen and oxygen atoms in total. The van der Waals surface area contributed by atoms with Crippen molar-refractivity contribution in [3.63, 3.8) is 0 Å². The monoisotopic (exact) mass is 357 g/mol. The van der Waals surface area contributed by atoms with Crippen LogP contribution in [-0.2, 0) is 0 Å². The van der Waals surface area contributed by atoms with Gasteiger partial charge in [0.25, 0.3) is 11.7 Å². The van der Waals surface area contributed by atoms with E-state index in [-0.39, 0.29) is 23.3 Å². The highest BCUT2D eigenvalue weighted by atomic mass is 19.1. The summed E-state index contributed by atoms with van der Waals surface area (Å²) in [5, 5.41) is 6.97. The van der Waals surface area contributed by atoms with E-state index in [0.717, 1.165) is 5.69 Å². The van der Waals surface area contributed by atoms with Gasteiger partial charge in [0.1, 0.15) is 12.0 Å². The Labute approximate surface area is 150 Å². The van der Waals surface area contributed by atoms with Crippen LogP contribution in [0.15, 0.2) is 30.6 Å². The summed E-state index contributed by atoms with van der Waals surface area (Å²) in [7, 11) is 1.40. The molecule has 2 heterocycles. The number of fused-ring (bicyclic) bond motifs is 1. The predicted molar refractivity (Wildman–Crippen MR) is 93.7 cm³/mol. The zero-order chi connectivity index (χ0) is 18.8. The van der Waals surface area contributed by atoms with E-state index in [1.807, 2.05) is 13.8 Å². The number of benzene rings is 1. The van der Waals surface area contributed by atoms with Crippen molar-refractivity contribution in [2.24, 2.45) is 0 Å². The number of rotatable bonds is 5. The normalized spacial score (nSPS) is 12.4. The predicted octanol–water partition coefficient (Wildman–Crippen LogP) is 2.89. The molecule has 26 heavy (non-hydrogen) atoms. The minimum absolute atomic E-state index is 0.141. The Morgan fingerprint density at radius 3 is 2.69 bits per heavy atom. The van der Waals surface area contributed by atoms with Gasteiger partial charge in [-0.2, -0.15) is 10.1 Å². The van der Waals surface area contributed by atoms with E-state index >= 15 is 0 Å². The maximum atomic E-state index is 13.9. The Kier molecular flexibility index (Phi) is 4.83. The van der Waals surface area contributed by atoms with Gasteiger partial charge in [-0.1, -0.05) is 19.9 Å². The number of halogens is 1. The van der Waals surface area contributed by atoms with Crippen LogP contribution in [0.4, 0.5) is 4.39 Å². The molecule has 0 fully saturated rings. The highest BCUT2D eigenvalue weighted by Gasteiger charge is 2.18. The molecule has 0 aliphatic rings. The molecule has 1 atom stereocenters. The van der Waals surface area contributed by atoms with Crippen molar-refractivity contribution < 1.29 is 13.9 Å². The SMILES string of the molecule is COc1ccc(C(C)NC(=O)c2cc(C(C)C)n3ncnc3n2)cc1F. The van der Waals surface area contributed by atoms with Crippen LogP contribution >= 0.6 is 0 Å². The van der Waals surface area contributed by atoms with Gasteiger partial charge in [0.05, 0.1) is 18.8 Å². The van der Waals surface area contributed by atoms with Crippen molar-refractivity contribution in [1.82, 2.24) is 24.9 Å². The molecule has 136 valence electrons. The van der Waals surface area contributed by atoms with Crippen LogP contribution in [0.2, 0.25) is 0 Å². The van der Waals surface area contributed by atoms with E-state index in [9.17, 15) is 9.18 Å². The van der Waals surface area contributed by atoms with Crippen LogP contribution in [0.25, 0.3) is 5.78 Å². The van der Waals surface area contributed by atoms with Crippen molar-refractivity contribution in [1.29, 1.82) is 0 Å². The summed E-state index contributed by atoms with van der Waals surface area (Å²) < 4.78 is 20.4. The van der Waals surface area contributed by atoms with Gasteiger partial charge in [-0.25, -0.2) is 13.9 Å². The second kappa shape index (κ2) is 7.07. The smallest absolute Gasteiger partial charge is 0.270 e. The molecule has 2 aromatic heterocycles. The summed E-state index contributed by atoms with van der Waals surface area (Å²) in [4.78, 5) is 21.0. The Hall–Kier alpha value is -3.03. The molecule has 0 aliphatic carbocycles. The Balaban J connectivity index is 1.85. The zero-order valence-corrected chi connectivity index (χ0v) is 15.0. The molecule has 0 bridgehead atoms. The van der Waals surface area contributed by atoms with Gasteiger partial charge in [0.15, 0.2) is 11.6 Å². The largest absolute Gasteiger partial charge is 0.494 e. The number of nitrogens with zero attached hydrogens (tertiary/aromatic N) is 4. The maximum absolute atomic E-state index is 13.9. The first-order valence-corrected chi connectivity index (χ1v) is 8.25. The van der Waals surface area contributed by atoms with Crippen LogP contribution in [0.5, 0.6) is 5.75 Å². The molecule has 0 spiro atoms. The van der Waals surface area contributed by atoms with Crippen LogP contribution in [0.1, 0.15) is 54.5 Å². The fourth-order valence-corrected chi connectivity index (χ4v) is 2.67. The van der Waals surface area contributed by atoms with Gasteiger partial charge in [-0.3, -0.25) is 4.79 Å². The summed E-state index contributed by atoms with van der Waals surface area (Å²) >= 11 is 0. The number of ether oxygens (including phenoxy) is 1. The molecular weight excluding hydrogens is 337 g/mol. The van der Waals surface area contributed by atoms with Gasteiger partial charge in [0.2, 0.25) is 0 Å². The molecule has 1 N–H and O–H groups in total. The van der Waals surface area contributed by atoms with Crippen LogP contribution in [-0.4, -0.2) is 32.6 Å². The number of nitrogens with one attached hydrogen (secondary N) is 1. The van der Waals surface area contributed by atoms with Gasteiger partial charge < -0.3 is 10.1 Å². The van der Waals surface area contributed by atoms with Gasteiger partial charge in [0, 0.05) is 0 Å². The summed E-state index contributed by atoms with van der Waals surface area (Å²) in [5.74, 6) is -0.170. The topological polar surface area (TPSA) is 81.4 Å². The summed E-state index contributed by atoms with van der Waals surface area (Å²) in [6.07, 6.45) is 1.40. The molecule has 0 saturated carbocycles. The van der Waals surface area contributed by atoms with Crippen LogP contribution in [0.3, 0.4) is 0 Å². The van der Waals surface area contributed by atoms with Gasteiger partial charge in [-0.05, 0) is 36.6 Å². The fourth-order valence-electron chi connectivity index (χ4n) is 2.67. The standard InChI is InChI=1S/C18H20FN5O2/c1-10(2)15-8-14(23-18-20-9-21-24(15)18)17(25)22-11(3)12-5-6-16(26-4)13(19)7-12/h5-11H,1-4H3,(H,22,25). The van der Waals surface area contributed by atoms with Crippen molar-refractivity contribution in [2.75, 3.05) is 7.11 Å². The fraction of sp³-hybridized carbons (Fsp3) is 0.333. The lowest BCUT2D eigenvalue weighted by atomic mass is 10.1. The number of hydrogen-bond acceptors (Lipinski definition) is 5. The number of carbonyl (C=O) groups is 1. The summed E-state index contributed by atoms with van der Waals surface area (Å²) in [5.41, 5.74) is 1.71. The average molecular weight is 357 g/mol. The van der Waals surface area contributed by atoms with E-state index in [4.69, 9.17) is 4.74 Å². The molecule has 0 saturated heterocycles. The third-order valence-electron chi connectivity index (χ3n) is 4.13. The maximum Gasteiger partial charge on any atom is 0.270 e. The van der Waals surface area contributed by atoms with E-state index in [2.05, 4.69) is 20.4 Å². The molecule has 0 radical (unpaired) electrons. The molecule has 3 aromatic rings. The first-order valence-electron chi connectivity index (χ1n) is 8.25. The molecule has 1 amide bonds. The third kappa shape index (κ3) is 3.35. The molecule has 1 unspecified atom stereocenters. The average Bonchev–Trinajstić information content (AvgIpc) is 3.08. The molecule has 1 aromatic carbocycles. The number of aromatic nitrogens is 4. The molecule has 8 heteroatoms. The first-order chi connectivity index (χ1) is 12.4. The molecule has 0 aliphatic heterocycles. The Morgan fingerprint density at radius 2 is 2.04 bits per heavy atom. The second-order valence-electron chi connectivity index (χ2n) is 6.28.